The summed E-state index contributed by atoms with van der Waals surface area (Å²) in [4.78, 5) is 28.5. The lowest BCUT2D eigenvalue weighted by Gasteiger charge is -2.34. The van der Waals surface area contributed by atoms with Crippen LogP contribution in [0.5, 0.6) is 0 Å². The Morgan fingerprint density at radius 1 is 1.03 bits per heavy atom. The summed E-state index contributed by atoms with van der Waals surface area (Å²) in [6.45, 7) is 3.81. The summed E-state index contributed by atoms with van der Waals surface area (Å²) < 4.78 is 1.77. The number of nitrogens with one attached hydrogen (secondary N) is 1. The quantitative estimate of drug-likeness (QED) is 0.606. The van der Waals surface area contributed by atoms with Gasteiger partial charge < -0.3 is 15.1 Å². The maximum Gasteiger partial charge on any atom is 0.321 e. The molecule has 1 saturated heterocycles. The smallest absolute Gasteiger partial charge is 0.321 e. The average Bonchev–Trinajstić information content (AvgIpc) is 3.30. The van der Waals surface area contributed by atoms with Crippen molar-refractivity contribution in [1.29, 1.82) is 0 Å². The van der Waals surface area contributed by atoms with E-state index in [-0.39, 0.29) is 11.9 Å². The average molecular weight is 450 g/mol. The summed E-state index contributed by atoms with van der Waals surface area (Å²) in [6.07, 6.45) is 6.90. The Balaban J connectivity index is 1.28. The number of urea groups is 1. The minimum atomic E-state index is -0.194. The van der Waals surface area contributed by atoms with Gasteiger partial charge in [-0.25, -0.2) is 9.48 Å². The van der Waals surface area contributed by atoms with Crippen LogP contribution in [0, 0.1) is 6.92 Å². The second kappa shape index (κ2) is 9.70. The van der Waals surface area contributed by atoms with Gasteiger partial charge in [0, 0.05) is 54.7 Å². The summed E-state index contributed by atoms with van der Waals surface area (Å²) in [5.41, 5.74) is 3.41. The topological polar surface area (TPSA) is 70.5 Å². The van der Waals surface area contributed by atoms with E-state index in [1.807, 2.05) is 55.6 Å². The van der Waals surface area contributed by atoms with Crippen molar-refractivity contribution in [2.75, 3.05) is 31.5 Å². The summed E-state index contributed by atoms with van der Waals surface area (Å²) in [5.74, 6) is -0.0807. The zero-order valence-electron chi connectivity index (χ0n) is 17.7. The molecule has 32 heavy (non-hydrogen) atoms. The molecule has 4 rings (SSSR count). The summed E-state index contributed by atoms with van der Waals surface area (Å²) in [7, 11) is 0. The van der Waals surface area contributed by atoms with Gasteiger partial charge >= 0.3 is 6.03 Å². The fourth-order valence-corrected chi connectivity index (χ4v) is 3.60. The minimum Gasteiger partial charge on any atom is -0.336 e. The van der Waals surface area contributed by atoms with E-state index in [4.69, 9.17) is 11.6 Å². The molecule has 1 fully saturated rings. The number of piperazine rings is 1. The Hall–Kier alpha value is -3.58. The van der Waals surface area contributed by atoms with Crippen molar-refractivity contribution in [3.8, 4) is 5.69 Å². The highest BCUT2D eigenvalue weighted by Crippen LogP contribution is 2.20. The van der Waals surface area contributed by atoms with E-state index in [1.165, 1.54) is 0 Å². The first-order chi connectivity index (χ1) is 15.5. The fraction of sp³-hybridized carbons (Fsp3) is 0.208. The molecule has 0 aliphatic carbocycles. The molecule has 1 aliphatic heterocycles. The molecule has 1 aliphatic rings. The standard InChI is InChI=1S/C24H24ClN5O2/c1-18-7-9-20(15-22(18)25)27-24(32)29-13-11-28(12-14-29)23(31)10-8-19-16-26-30(17-19)21-5-3-2-4-6-21/h2-10,15-17H,11-14H2,1H3,(H,27,32). The SMILES string of the molecule is Cc1ccc(NC(=O)N2CCN(C(=O)C=Cc3cnn(-c4ccccc4)c3)CC2)cc1Cl. The summed E-state index contributed by atoms with van der Waals surface area (Å²) >= 11 is 6.12. The molecule has 164 valence electrons. The number of hydrogen-bond donors (Lipinski definition) is 1. The maximum atomic E-state index is 12.6. The van der Waals surface area contributed by atoms with Crippen LogP contribution in [0.1, 0.15) is 11.1 Å². The van der Waals surface area contributed by atoms with Gasteiger partial charge in [0.1, 0.15) is 0 Å². The highest BCUT2D eigenvalue weighted by atomic mass is 35.5. The molecule has 0 unspecified atom stereocenters. The first kappa shape index (κ1) is 21.6. The van der Waals surface area contributed by atoms with Crippen LogP contribution in [-0.2, 0) is 4.79 Å². The minimum absolute atomic E-state index is 0.0807. The molecular weight excluding hydrogens is 426 g/mol. The van der Waals surface area contributed by atoms with Crippen molar-refractivity contribution >= 4 is 35.3 Å². The lowest BCUT2D eigenvalue weighted by molar-refractivity contribution is -0.127. The zero-order valence-corrected chi connectivity index (χ0v) is 18.5. The van der Waals surface area contributed by atoms with E-state index in [1.54, 1.807) is 38.9 Å². The highest BCUT2D eigenvalue weighted by Gasteiger charge is 2.23. The molecule has 8 heteroatoms. The molecule has 3 amide bonds. The first-order valence-corrected chi connectivity index (χ1v) is 10.8. The third kappa shape index (κ3) is 5.18. The molecule has 2 heterocycles. The van der Waals surface area contributed by atoms with Crippen molar-refractivity contribution < 1.29 is 9.59 Å². The van der Waals surface area contributed by atoms with Crippen LogP contribution in [0.3, 0.4) is 0 Å². The molecular formula is C24H24ClN5O2. The lowest BCUT2D eigenvalue weighted by Crippen LogP contribution is -2.51. The Morgan fingerprint density at radius 3 is 2.47 bits per heavy atom. The van der Waals surface area contributed by atoms with E-state index in [9.17, 15) is 9.59 Å². The number of carbonyl (C=O) groups is 2. The molecule has 0 spiro atoms. The summed E-state index contributed by atoms with van der Waals surface area (Å²) in [6, 6.07) is 15.0. The molecule has 1 N–H and O–H groups in total. The predicted molar refractivity (Wildman–Crippen MR) is 126 cm³/mol. The van der Waals surface area contributed by atoms with Gasteiger partial charge in [-0.1, -0.05) is 35.9 Å². The van der Waals surface area contributed by atoms with E-state index in [0.717, 1.165) is 16.8 Å². The van der Waals surface area contributed by atoms with Gasteiger partial charge in [-0.3, -0.25) is 4.79 Å². The van der Waals surface area contributed by atoms with Crippen molar-refractivity contribution in [1.82, 2.24) is 19.6 Å². The molecule has 3 aromatic rings. The maximum absolute atomic E-state index is 12.6. The number of aromatic nitrogens is 2. The Kier molecular flexibility index (Phi) is 6.56. The number of nitrogens with zero attached hydrogens (tertiary/aromatic N) is 4. The molecule has 1 aromatic heterocycles. The second-order valence-electron chi connectivity index (χ2n) is 7.59. The molecule has 0 saturated carbocycles. The number of anilines is 1. The third-order valence-electron chi connectivity index (χ3n) is 5.34. The van der Waals surface area contributed by atoms with Crippen molar-refractivity contribution in [2.45, 2.75) is 6.92 Å². The number of rotatable bonds is 4. The van der Waals surface area contributed by atoms with Crippen molar-refractivity contribution in [2.24, 2.45) is 0 Å². The van der Waals surface area contributed by atoms with Gasteiger partial charge in [0.15, 0.2) is 0 Å². The number of carbonyl (C=O) groups excluding carboxylic acids is 2. The number of amides is 3. The van der Waals surface area contributed by atoms with Crippen LogP contribution in [0.25, 0.3) is 11.8 Å². The fourth-order valence-electron chi connectivity index (χ4n) is 3.42. The van der Waals surface area contributed by atoms with Gasteiger partial charge in [-0.15, -0.1) is 0 Å². The van der Waals surface area contributed by atoms with Gasteiger partial charge in [0.2, 0.25) is 5.91 Å². The zero-order chi connectivity index (χ0) is 22.5. The molecule has 2 aromatic carbocycles. The van der Waals surface area contributed by atoms with Crippen molar-refractivity contribution in [3.63, 3.8) is 0 Å². The number of para-hydroxylation sites is 1. The molecule has 7 nitrogen and oxygen atoms in total. The normalized spacial score (nSPS) is 14.1. The number of benzene rings is 2. The van der Waals surface area contributed by atoms with Crippen LogP contribution in [0.2, 0.25) is 5.02 Å². The first-order valence-electron chi connectivity index (χ1n) is 10.4. The number of hydrogen-bond acceptors (Lipinski definition) is 3. The second-order valence-corrected chi connectivity index (χ2v) is 8.00. The van der Waals surface area contributed by atoms with Gasteiger partial charge in [-0.2, -0.15) is 5.10 Å². The lowest BCUT2D eigenvalue weighted by atomic mass is 10.2. The van der Waals surface area contributed by atoms with Crippen LogP contribution in [-0.4, -0.2) is 57.7 Å². The Morgan fingerprint density at radius 2 is 1.75 bits per heavy atom. The van der Waals surface area contributed by atoms with Crippen LogP contribution < -0.4 is 5.32 Å². The van der Waals surface area contributed by atoms with Gasteiger partial charge in [0.05, 0.1) is 11.9 Å². The van der Waals surface area contributed by atoms with Crippen LogP contribution in [0.15, 0.2) is 67.0 Å². The predicted octanol–water partition coefficient (Wildman–Crippen LogP) is 4.22. The Labute approximate surface area is 191 Å². The van der Waals surface area contributed by atoms with E-state index < -0.39 is 0 Å². The van der Waals surface area contributed by atoms with E-state index in [2.05, 4.69) is 10.4 Å². The van der Waals surface area contributed by atoms with Gasteiger partial charge in [-0.05, 0) is 42.8 Å². The van der Waals surface area contributed by atoms with Crippen molar-refractivity contribution in [3.05, 3.63) is 83.2 Å². The van der Waals surface area contributed by atoms with Crippen LogP contribution >= 0.6 is 11.6 Å². The number of aryl methyl sites for hydroxylation is 1. The monoisotopic (exact) mass is 449 g/mol. The summed E-state index contributed by atoms with van der Waals surface area (Å²) in [5, 5.41) is 7.80. The molecule has 0 atom stereocenters. The third-order valence-corrected chi connectivity index (χ3v) is 5.75. The molecule has 0 radical (unpaired) electrons. The largest absolute Gasteiger partial charge is 0.336 e. The Bertz CT molecular complexity index is 1130. The van der Waals surface area contributed by atoms with Crippen LogP contribution in [0.4, 0.5) is 10.5 Å². The van der Waals surface area contributed by atoms with E-state index >= 15 is 0 Å². The highest BCUT2D eigenvalue weighted by molar-refractivity contribution is 6.31. The molecule has 0 bridgehead atoms. The number of halogens is 1. The van der Waals surface area contributed by atoms with Gasteiger partial charge in [0.25, 0.3) is 0 Å². The van der Waals surface area contributed by atoms with E-state index in [0.29, 0.717) is 36.9 Å².